The maximum absolute atomic E-state index is 11.9. The molecular formula is C8H13ClF3NO2. The van der Waals surface area contributed by atoms with Crippen LogP contribution in [0.4, 0.5) is 13.2 Å². The van der Waals surface area contributed by atoms with Crippen LogP contribution in [0.5, 0.6) is 0 Å². The van der Waals surface area contributed by atoms with Crippen LogP contribution in [-0.2, 0) is 9.53 Å². The summed E-state index contributed by atoms with van der Waals surface area (Å²) in [5, 5.41) is 0. The molecular weight excluding hydrogens is 235 g/mol. The zero-order valence-corrected chi connectivity index (χ0v) is 9.07. The van der Waals surface area contributed by atoms with Crippen LogP contribution in [-0.4, -0.2) is 49.7 Å². The lowest BCUT2D eigenvalue weighted by Crippen LogP contribution is -2.37. The van der Waals surface area contributed by atoms with Crippen molar-refractivity contribution in [3.05, 3.63) is 0 Å². The highest BCUT2D eigenvalue weighted by Crippen LogP contribution is 2.20. The van der Waals surface area contributed by atoms with Crippen LogP contribution in [0, 0.1) is 0 Å². The molecule has 90 valence electrons. The number of hydrogen-bond acceptors (Lipinski definition) is 2. The Kier molecular flexibility index (Phi) is 6.67. The van der Waals surface area contributed by atoms with Gasteiger partial charge in [-0.3, -0.25) is 4.79 Å². The van der Waals surface area contributed by atoms with Crippen LogP contribution in [0.2, 0.25) is 0 Å². The van der Waals surface area contributed by atoms with Gasteiger partial charge in [0.1, 0.15) is 6.42 Å². The van der Waals surface area contributed by atoms with Crippen molar-refractivity contribution in [3.63, 3.8) is 0 Å². The smallest absolute Gasteiger partial charge is 0.383 e. The maximum atomic E-state index is 11.9. The zero-order valence-electron chi connectivity index (χ0n) is 8.31. The molecule has 0 saturated heterocycles. The number of methoxy groups -OCH3 is 1. The molecule has 0 aliphatic rings. The highest BCUT2D eigenvalue weighted by atomic mass is 35.5. The second-order valence-corrected chi connectivity index (χ2v) is 3.23. The minimum absolute atomic E-state index is 0.0971. The molecule has 0 aromatic rings. The second kappa shape index (κ2) is 6.90. The molecule has 0 heterocycles. The van der Waals surface area contributed by atoms with E-state index in [1.54, 1.807) is 0 Å². The van der Waals surface area contributed by atoms with Gasteiger partial charge in [0, 0.05) is 26.1 Å². The molecule has 0 aromatic heterocycles. The van der Waals surface area contributed by atoms with Gasteiger partial charge >= 0.3 is 6.18 Å². The van der Waals surface area contributed by atoms with Crippen molar-refractivity contribution < 1.29 is 22.7 Å². The van der Waals surface area contributed by atoms with Crippen molar-refractivity contribution in [2.75, 3.05) is 32.7 Å². The van der Waals surface area contributed by atoms with E-state index >= 15 is 0 Å². The van der Waals surface area contributed by atoms with Gasteiger partial charge in [-0.2, -0.15) is 13.2 Å². The molecule has 7 heteroatoms. The summed E-state index contributed by atoms with van der Waals surface area (Å²) < 4.78 is 40.4. The van der Waals surface area contributed by atoms with Gasteiger partial charge in [0.25, 0.3) is 0 Å². The Morgan fingerprint density at radius 2 is 2.00 bits per heavy atom. The van der Waals surface area contributed by atoms with E-state index in [4.69, 9.17) is 11.6 Å². The third-order valence-electron chi connectivity index (χ3n) is 1.62. The number of halogens is 4. The molecule has 0 saturated carbocycles. The zero-order chi connectivity index (χ0) is 11.9. The third-order valence-corrected chi connectivity index (χ3v) is 1.79. The summed E-state index contributed by atoms with van der Waals surface area (Å²) in [6.07, 6.45) is -5.93. The first-order chi connectivity index (χ1) is 6.90. The molecule has 0 spiro atoms. The Hall–Kier alpha value is -0.490. The van der Waals surface area contributed by atoms with Crippen molar-refractivity contribution in [2.24, 2.45) is 0 Å². The van der Waals surface area contributed by atoms with Crippen molar-refractivity contribution in [3.8, 4) is 0 Å². The molecule has 0 fully saturated rings. The summed E-state index contributed by atoms with van der Waals surface area (Å²) in [5.41, 5.74) is 0. The van der Waals surface area contributed by atoms with Gasteiger partial charge in [-0.1, -0.05) is 0 Å². The van der Waals surface area contributed by atoms with E-state index in [0.29, 0.717) is 0 Å². The number of hydrogen-bond donors (Lipinski definition) is 0. The summed E-state index contributed by atoms with van der Waals surface area (Å²) >= 11 is 5.37. The quantitative estimate of drug-likeness (QED) is 0.668. The summed E-state index contributed by atoms with van der Waals surface area (Å²) in [6, 6.07) is 0. The molecule has 0 atom stereocenters. The Balaban J connectivity index is 4.15. The monoisotopic (exact) mass is 247 g/mol. The SMILES string of the molecule is COCCN(CCCl)C(=O)CC(F)(F)F. The van der Waals surface area contributed by atoms with Crippen LogP contribution >= 0.6 is 11.6 Å². The number of alkyl halides is 4. The lowest BCUT2D eigenvalue weighted by atomic mass is 10.3. The minimum atomic E-state index is -4.48. The molecule has 15 heavy (non-hydrogen) atoms. The first-order valence-electron chi connectivity index (χ1n) is 4.30. The molecule has 0 N–H and O–H groups in total. The van der Waals surface area contributed by atoms with E-state index < -0.39 is 18.5 Å². The molecule has 0 aliphatic heterocycles. The van der Waals surface area contributed by atoms with E-state index in [9.17, 15) is 18.0 Å². The fourth-order valence-corrected chi connectivity index (χ4v) is 1.15. The normalized spacial score (nSPS) is 11.5. The number of amides is 1. The molecule has 1 amide bonds. The maximum Gasteiger partial charge on any atom is 0.397 e. The predicted molar refractivity (Wildman–Crippen MR) is 49.8 cm³/mol. The van der Waals surface area contributed by atoms with Gasteiger partial charge < -0.3 is 9.64 Å². The molecule has 0 bridgehead atoms. The number of carbonyl (C=O) groups excluding carboxylic acids is 1. The first kappa shape index (κ1) is 14.5. The van der Waals surface area contributed by atoms with E-state index in [0.717, 1.165) is 4.90 Å². The molecule has 0 radical (unpaired) electrons. The number of ether oxygens (including phenoxy) is 1. The van der Waals surface area contributed by atoms with Crippen molar-refractivity contribution in [1.82, 2.24) is 4.90 Å². The summed E-state index contributed by atoms with van der Waals surface area (Å²) in [7, 11) is 1.41. The summed E-state index contributed by atoms with van der Waals surface area (Å²) in [6.45, 7) is 0.415. The number of carbonyl (C=O) groups is 1. The van der Waals surface area contributed by atoms with Crippen molar-refractivity contribution in [2.45, 2.75) is 12.6 Å². The van der Waals surface area contributed by atoms with Crippen LogP contribution in [0.1, 0.15) is 6.42 Å². The largest absolute Gasteiger partial charge is 0.397 e. The van der Waals surface area contributed by atoms with Gasteiger partial charge in [-0.15, -0.1) is 11.6 Å². The summed E-state index contributed by atoms with van der Waals surface area (Å²) in [5.74, 6) is -0.868. The second-order valence-electron chi connectivity index (χ2n) is 2.85. The van der Waals surface area contributed by atoms with Crippen LogP contribution in [0.3, 0.4) is 0 Å². The van der Waals surface area contributed by atoms with Gasteiger partial charge in [-0.25, -0.2) is 0 Å². The number of nitrogens with zero attached hydrogens (tertiary/aromatic N) is 1. The van der Waals surface area contributed by atoms with E-state index in [1.165, 1.54) is 7.11 Å². The van der Waals surface area contributed by atoms with Gasteiger partial charge in [0.05, 0.1) is 6.61 Å². The Labute approximate surface area is 91.1 Å². The Morgan fingerprint density at radius 1 is 1.40 bits per heavy atom. The fraction of sp³-hybridized carbons (Fsp3) is 0.875. The molecule has 3 nitrogen and oxygen atoms in total. The highest BCUT2D eigenvalue weighted by molar-refractivity contribution is 6.18. The topological polar surface area (TPSA) is 29.5 Å². The third kappa shape index (κ3) is 7.44. The lowest BCUT2D eigenvalue weighted by molar-refractivity contribution is -0.161. The van der Waals surface area contributed by atoms with Crippen molar-refractivity contribution in [1.29, 1.82) is 0 Å². The lowest BCUT2D eigenvalue weighted by Gasteiger charge is -2.21. The van der Waals surface area contributed by atoms with E-state index in [2.05, 4.69) is 4.74 Å². The van der Waals surface area contributed by atoms with Gasteiger partial charge in [0.15, 0.2) is 0 Å². The van der Waals surface area contributed by atoms with Crippen molar-refractivity contribution >= 4 is 17.5 Å². The predicted octanol–water partition coefficient (Wildman–Crippen LogP) is 1.65. The average molecular weight is 248 g/mol. The van der Waals surface area contributed by atoms with Crippen LogP contribution < -0.4 is 0 Å². The molecule has 0 aliphatic carbocycles. The minimum Gasteiger partial charge on any atom is -0.383 e. The fourth-order valence-electron chi connectivity index (χ4n) is 0.948. The van der Waals surface area contributed by atoms with Gasteiger partial charge in [-0.05, 0) is 0 Å². The van der Waals surface area contributed by atoms with Gasteiger partial charge in [0.2, 0.25) is 5.91 Å². The Bertz CT molecular complexity index is 199. The first-order valence-corrected chi connectivity index (χ1v) is 4.83. The molecule has 0 aromatic carbocycles. The van der Waals surface area contributed by atoms with Crippen LogP contribution in [0.25, 0.3) is 0 Å². The number of rotatable bonds is 6. The molecule has 0 unspecified atom stereocenters. The van der Waals surface area contributed by atoms with E-state index in [-0.39, 0.29) is 25.6 Å². The summed E-state index contributed by atoms with van der Waals surface area (Å²) in [4.78, 5) is 12.2. The standard InChI is InChI=1S/C8H13ClF3NO2/c1-15-5-4-13(3-2-9)7(14)6-8(10,11)12/h2-6H2,1H3. The van der Waals surface area contributed by atoms with Crippen LogP contribution in [0.15, 0.2) is 0 Å². The highest BCUT2D eigenvalue weighted by Gasteiger charge is 2.33. The Morgan fingerprint density at radius 3 is 2.40 bits per heavy atom. The van der Waals surface area contributed by atoms with E-state index in [1.807, 2.05) is 0 Å². The molecule has 0 rings (SSSR count). The average Bonchev–Trinajstić information content (AvgIpc) is 2.09.